The molecule has 0 atom stereocenters. The van der Waals surface area contributed by atoms with E-state index in [1.807, 2.05) is 31.3 Å². The zero-order valence-corrected chi connectivity index (χ0v) is 11.5. The molecule has 18 heavy (non-hydrogen) atoms. The van der Waals surface area contributed by atoms with E-state index in [0.29, 0.717) is 0 Å². The number of nitrogens with zero attached hydrogens (tertiary/aromatic N) is 1. The molecule has 0 aliphatic rings. The van der Waals surface area contributed by atoms with Crippen molar-refractivity contribution >= 4 is 22.2 Å². The average molecular weight is 260 g/mol. The largest absolute Gasteiger partial charge is 0.380 e. The monoisotopic (exact) mass is 260 g/mol. The molecule has 0 fully saturated rings. The molecule has 3 nitrogen and oxygen atoms in total. The van der Waals surface area contributed by atoms with Gasteiger partial charge in [0.25, 0.3) is 5.91 Å². The Morgan fingerprint density at radius 1 is 1.22 bits per heavy atom. The highest BCUT2D eigenvalue weighted by Gasteiger charge is 2.09. The Morgan fingerprint density at radius 3 is 2.61 bits per heavy atom. The van der Waals surface area contributed by atoms with Gasteiger partial charge in [0.2, 0.25) is 0 Å². The first-order chi connectivity index (χ1) is 8.61. The summed E-state index contributed by atoms with van der Waals surface area (Å²) >= 11 is 1.66. The number of hydrogen-bond donors (Lipinski definition) is 1. The van der Waals surface area contributed by atoms with E-state index in [9.17, 15) is 4.79 Å². The van der Waals surface area contributed by atoms with Gasteiger partial charge in [-0.05, 0) is 29.3 Å². The fourth-order valence-corrected chi connectivity index (χ4v) is 2.48. The molecule has 2 rings (SSSR count). The maximum atomic E-state index is 11.9. The second kappa shape index (κ2) is 5.23. The van der Waals surface area contributed by atoms with E-state index in [-0.39, 0.29) is 5.91 Å². The van der Waals surface area contributed by atoms with Crippen LogP contribution in [0.5, 0.6) is 0 Å². The van der Waals surface area contributed by atoms with Crippen molar-refractivity contribution < 1.29 is 4.79 Å². The molecule has 0 spiro atoms. The second-order valence-corrected chi connectivity index (χ2v) is 5.14. The van der Waals surface area contributed by atoms with Crippen molar-refractivity contribution in [3.63, 3.8) is 0 Å². The van der Waals surface area contributed by atoms with Crippen LogP contribution in [0.25, 0.3) is 11.1 Å². The van der Waals surface area contributed by atoms with Crippen LogP contribution in [0.1, 0.15) is 10.4 Å². The molecule has 0 bridgehead atoms. The quantitative estimate of drug-likeness (QED) is 0.919. The van der Waals surface area contributed by atoms with Gasteiger partial charge in [-0.2, -0.15) is 0 Å². The lowest BCUT2D eigenvalue weighted by molar-refractivity contribution is 0.0827. The summed E-state index contributed by atoms with van der Waals surface area (Å²) in [5.74, 6) is 0.0286. The van der Waals surface area contributed by atoms with Crippen LogP contribution in [0.3, 0.4) is 0 Å². The molecule has 2 aromatic rings. The van der Waals surface area contributed by atoms with Crippen LogP contribution >= 0.6 is 11.3 Å². The Bertz CT molecular complexity index is 560. The molecule has 1 aromatic carbocycles. The number of thiophene rings is 1. The smallest absolute Gasteiger partial charge is 0.253 e. The molecular weight excluding hydrogens is 244 g/mol. The SMILES string of the molecule is CNc1cc(-c2cccc(C(=O)N(C)C)c2)cs1. The van der Waals surface area contributed by atoms with Crippen molar-refractivity contribution in [2.45, 2.75) is 0 Å². The number of hydrogen-bond acceptors (Lipinski definition) is 3. The zero-order chi connectivity index (χ0) is 13.1. The molecule has 0 saturated carbocycles. The molecule has 0 aliphatic heterocycles. The molecule has 4 heteroatoms. The summed E-state index contributed by atoms with van der Waals surface area (Å²) in [5, 5.41) is 6.32. The van der Waals surface area contributed by atoms with Crippen LogP contribution < -0.4 is 5.32 Å². The third-order valence-electron chi connectivity index (χ3n) is 2.69. The highest BCUT2D eigenvalue weighted by Crippen LogP contribution is 2.29. The molecule has 0 radical (unpaired) electrons. The molecule has 0 unspecified atom stereocenters. The van der Waals surface area contributed by atoms with Gasteiger partial charge in [0.05, 0.1) is 5.00 Å². The Kier molecular flexibility index (Phi) is 3.67. The first-order valence-corrected chi connectivity index (χ1v) is 6.58. The first kappa shape index (κ1) is 12.6. The number of benzene rings is 1. The zero-order valence-electron chi connectivity index (χ0n) is 10.7. The summed E-state index contributed by atoms with van der Waals surface area (Å²) in [6, 6.07) is 9.81. The van der Waals surface area contributed by atoms with Crippen LogP contribution in [0.4, 0.5) is 5.00 Å². The van der Waals surface area contributed by atoms with Gasteiger partial charge < -0.3 is 10.2 Å². The second-order valence-electron chi connectivity index (χ2n) is 4.23. The third kappa shape index (κ3) is 2.54. The summed E-state index contributed by atoms with van der Waals surface area (Å²) in [6.45, 7) is 0. The number of rotatable bonds is 3. The lowest BCUT2D eigenvalue weighted by Gasteiger charge is -2.10. The predicted octanol–water partition coefficient (Wildman–Crippen LogP) is 3.16. The summed E-state index contributed by atoms with van der Waals surface area (Å²) in [5.41, 5.74) is 2.92. The van der Waals surface area contributed by atoms with Crippen LogP contribution in [0, 0.1) is 0 Å². The van der Waals surface area contributed by atoms with Crippen LogP contribution in [-0.4, -0.2) is 32.0 Å². The molecule has 1 N–H and O–H groups in total. The fraction of sp³-hybridized carbons (Fsp3) is 0.214. The minimum absolute atomic E-state index is 0.0286. The van der Waals surface area contributed by atoms with Crippen molar-refractivity contribution in [3.05, 3.63) is 41.3 Å². The average Bonchev–Trinajstić information content (AvgIpc) is 2.86. The van der Waals surface area contributed by atoms with Crippen molar-refractivity contribution in [3.8, 4) is 11.1 Å². The Balaban J connectivity index is 2.35. The van der Waals surface area contributed by atoms with E-state index in [1.165, 1.54) is 0 Å². The van der Waals surface area contributed by atoms with E-state index < -0.39 is 0 Å². The maximum absolute atomic E-state index is 11.9. The highest BCUT2D eigenvalue weighted by molar-refractivity contribution is 7.14. The van der Waals surface area contributed by atoms with Crippen molar-refractivity contribution in [2.75, 3.05) is 26.5 Å². The van der Waals surface area contributed by atoms with Gasteiger partial charge >= 0.3 is 0 Å². The van der Waals surface area contributed by atoms with Gasteiger partial charge in [0, 0.05) is 32.1 Å². The molecule has 1 amide bonds. The summed E-state index contributed by atoms with van der Waals surface area (Å²) < 4.78 is 0. The van der Waals surface area contributed by atoms with Crippen molar-refractivity contribution in [1.82, 2.24) is 4.90 Å². The Morgan fingerprint density at radius 2 is 2.00 bits per heavy atom. The predicted molar refractivity (Wildman–Crippen MR) is 77.3 cm³/mol. The van der Waals surface area contributed by atoms with Gasteiger partial charge in [0.15, 0.2) is 0 Å². The van der Waals surface area contributed by atoms with E-state index in [1.54, 1.807) is 30.3 Å². The van der Waals surface area contributed by atoms with Gasteiger partial charge in [0.1, 0.15) is 0 Å². The summed E-state index contributed by atoms with van der Waals surface area (Å²) in [7, 11) is 5.43. The molecule has 0 aliphatic carbocycles. The van der Waals surface area contributed by atoms with E-state index >= 15 is 0 Å². The third-order valence-corrected chi connectivity index (χ3v) is 3.64. The van der Waals surface area contributed by atoms with E-state index in [0.717, 1.165) is 21.7 Å². The fourth-order valence-electron chi connectivity index (χ4n) is 1.71. The first-order valence-electron chi connectivity index (χ1n) is 5.70. The van der Waals surface area contributed by atoms with Crippen molar-refractivity contribution in [1.29, 1.82) is 0 Å². The van der Waals surface area contributed by atoms with Gasteiger partial charge in [-0.3, -0.25) is 4.79 Å². The normalized spacial score (nSPS) is 10.2. The Hall–Kier alpha value is -1.81. The minimum atomic E-state index is 0.0286. The molecule has 1 heterocycles. The molecule has 0 saturated heterocycles. The molecular formula is C14H16N2OS. The van der Waals surface area contributed by atoms with Gasteiger partial charge in [-0.25, -0.2) is 0 Å². The summed E-state index contributed by atoms with van der Waals surface area (Å²) in [4.78, 5) is 13.5. The molecule has 1 aromatic heterocycles. The molecule has 94 valence electrons. The standard InChI is InChI=1S/C14H16N2OS/c1-15-13-8-12(9-18-13)10-5-4-6-11(7-10)14(17)16(2)3/h4-9,15H,1-3H3. The minimum Gasteiger partial charge on any atom is -0.380 e. The topological polar surface area (TPSA) is 32.3 Å². The van der Waals surface area contributed by atoms with E-state index in [4.69, 9.17) is 0 Å². The number of anilines is 1. The van der Waals surface area contributed by atoms with Crippen LogP contribution in [0.2, 0.25) is 0 Å². The maximum Gasteiger partial charge on any atom is 0.253 e. The summed E-state index contributed by atoms with van der Waals surface area (Å²) in [6.07, 6.45) is 0. The number of amides is 1. The highest BCUT2D eigenvalue weighted by atomic mass is 32.1. The van der Waals surface area contributed by atoms with Crippen LogP contribution in [-0.2, 0) is 0 Å². The van der Waals surface area contributed by atoms with Gasteiger partial charge in [-0.1, -0.05) is 12.1 Å². The number of carbonyl (C=O) groups is 1. The lowest BCUT2D eigenvalue weighted by atomic mass is 10.1. The number of carbonyl (C=O) groups excluding carboxylic acids is 1. The van der Waals surface area contributed by atoms with Crippen molar-refractivity contribution in [2.24, 2.45) is 0 Å². The van der Waals surface area contributed by atoms with Gasteiger partial charge in [-0.15, -0.1) is 11.3 Å². The Labute approximate surface area is 111 Å². The van der Waals surface area contributed by atoms with Crippen LogP contribution in [0.15, 0.2) is 35.7 Å². The lowest BCUT2D eigenvalue weighted by Crippen LogP contribution is -2.21. The number of nitrogens with one attached hydrogen (secondary N) is 1. The van der Waals surface area contributed by atoms with E-state index in [2.05, 4.69) is 16.8 Å².